The second-order valence-electron chi connectivity index (χ2n) is 6.11. The predicted octanol–water partition coefficient (Wildman–Crippen LogP) is 3.22. The van der Waals surface area contributed by atoms with Crippen molar-refractivity contribution >= 4 is 11.6 Å². The molecule has 2 aromatic heterocycles. The van der Waals surface area contributed by atoms with Gasteiger partial charge < -0.3 is 14.8 Å². The van der Waals surface area contributed by atoms with Gasteiger partial charge in [0.05, 0.1) is 13.2 Å². The summed E-state index contributed by atoms with van der Waals surface area (Å²) in [5.41, 5.74) is 1.42. The van der Waals surface area contributed by atoms with Gasteiger partial charge in [0, 0.05) is 24.7 Å². The number of halogens is 3. The van der Waals surface area contributed by atoms with E-state index in [2.05, 4.69) is 20.4 Å². The molecule has 7 nitrogen and oxygen atoms in total. The van der Waals surface area contributed by atoms with Gasteiger partial charge in [0.15, 0.2) is 11.5 Å². The number of fused-ring (bicyclic) bond motifs is 2. The van der Waals surface area contributed by atoms with Gasteiger partial charge in [-0.3, -0.25) is 0 Å². The molecular weight excluding hydrogens is 363 g/mol. The molecule has 3 aromatic rings. The number of ether oxygens (including phenoxy) is 2. The summed E-state index contributed by atoms with van der Waals surface area (Å²) in [6.45, 7) is 3.22. The number of hydrogen-bond donors (Lipinski definition) is 1. The minimum Gasteiger partial charge on any atom is -0.490 e. The molecule has 0 fully saturated rings. The first-order chi connectivity index (χ1) is 12.9. The summed E-state index contributed by atoms with van der Waals surface area (Å²) in [5.74, 6) is 0.378. The highest BCUT2D eigenvalue weighted by Gasteiger charge is 2.36. The van der Waals surface area contributed by atoms with Crippen molar-refractivity contribution in [2.24, 2.45) is 0 Å². The Balaban J connectivity index is 1.60. The van der Waals surface area contributed by atoms with Crippen LogP contribution in [0.1, 0.15) is 23.5 Å². The van der Waals surface area contributed by atoms with Crippen LogP contribution in [-0.2, 0) is 12.7 Å². The fourth-order valence-corrected chi connectivity index (χ4v) is 2.74. The molecule has 0 saturated carbocycles. The SMILES string of the molecule is Cc1cc(NCc2ccc3c(c2)OCCCO3)n2nc(C(F)(F)F)nc2n1. The average molecular weight is 379 g/mol. The Bertz CT molecular complexity index is 987. The number of rotatable bonds is 3. The largest absolute Gasteiger partial charge is 0.490 e. The van der Waals surface area contributed by atoms with Crippen LogP contribution >= 0.6 is 0 Å². The zero-order valence-corrected chi connectivity index (χ0v) is 14.4. The molecule has 0 unspecified atom stereocenters. The van der Waals surface area contributed by atoms with Crippen LogP contribution in [0.25, 0.3) is 5.78 Å². The molecule has 142 valence electrons. The topological polar surface area (TPSA) is 73.6 Å². The Morgan fingerprint density at radius 1 is 1.11 bits per heavy atom. The summed E-state index contributed by atoms with van der Waals surface area (Å²) in [5, 5.41) is 6.62. The number of nitrogens with zero attached hydrogens (tertiary/aromatic N) is 4. The van der Waals surface area contributed by atoms with Crippen LogP contribution in [0.3, 0.4) is 0 Å². The van der Waals surface area contributed by atoms with E-state index in [1.54, 1.807) is 13.0 Å². The third-order valence-corrected chi connectivity index (χ3v) is 3.98. The molecule has 27 heavy (non-hydrogen) atoms. The second kappa shape index (κ2) is 6.60. The highest BCUT2D eigenvalue weighted by atomic mass is 19.4. The van der Waals surface area contributed by atoms with E-state index in [4.69, 9.17) is 9.47 Å². The third-order valence-electron chi connectivity index (χ3n) is 3.98. The smallest absolute Gasteiger partial charge is 0.453 e. The van der Waals surface area contributed by atoms with Gasteiger partial charge in [-0.15, -0.1) is 5.10 Å². The molecule has 0 amide bonds. The van der Waals surface area contributed by atoms with Crippen LogP contribution in [0.4, 0.5) is 19.0 Å². The number of benzene rings is 1. The summed E-state index contributed by atoms with van der Waals surface area (Å²) in [6, 6.07) is 7.16. The predicted molar refractivity (Wildman–Crippen MR) is 89.9 cm³/mol. The molecule has 1 aliphatic heterocycles. The van der Waals surface area contributed by atoms with Crippen molar-refractivity contribution in [1.29, 1.82) is 0 Å². The minimum absolute atomic E-state index is 0.108. The molecule has 0 spiro atoms. The lowest BCUT2D eigenvalue weighted by Gasteiger charge is -2.11. The molecule has 4 rings (SSSR count). The normalized spacial score (nSPS) is 14.2. The Morgan fingerprint density at radius 3 is 2.67 bits per heavy atom. The van der Waals surface area contributed by atoms with Gasteiger partial charge in [-0.1, -0.05) is 6.07 Å². The van der Waals surface area contributed by atoms with Crippen LogP contribution in [0.5, 0.6) is 11.5 Å². The molecule has 1 aromatic carbocycles. The molecule has 1 N–H and O–H groups in total. The van der Waals surface area contributed by atoms with Crippen molar-refractivity contribution in [3.8, 4) is 11.5 Å². The number of nitrogens with one attached hydrogen (secondary N) is 1. The van der Waals surface area contributed by atoms with E-state index >= 15 is 0 Å². The summed E-state index contributed by atoms with van der Waals surface area (Å²) in [4.78, 5) is 7.47. The average Bonchev–Trinajstić information content (AvgIpc) is 2.91. The van der Waals surface area contributed by atoms with E-state index in [1.165, 1.54) is 0 Å². The fourth-order valence-electron chi connectivity index (χ4n) is 2.74. The Morgan fingerprint density at radius 2 is 1.89 bits per heavy atom. The van der Waals surface area contributed by atoms with Crippen molar-refractivity contribution in [1.82, 2.24) is 19.6 Å². The molecule has 3 heterocycles. The van der Waals surface area contributed by atoms with Gasteiger partial charge in [-0.25, -0.2) is 4.98 Å². The first kappa shape index (κ1) is 17.4. The minimum atomic E-state index is -4.63. The van der Waals surface area contributed by atoms with Crippen LogP contribution in [-0.4, -0.2) is 32.8 Å². The van der Waals surface area contributed by atoms with Crippen LogP contribution in [0.2, 0.25) is 0 Å². The number of hydrogen-bond acceptors (Lipinski definition) is 6. The van der Waals surface area contributed by atoms with Crippen molar-refractivity contribution in [3.63, 3.8) is 0 Å². The highest BCUT2D eigenvalue weighted by Crippen LogP contribution is 2.31. The number of alkyl halides is 3. The van der Waals surface area contributed by atoms with E-state index < -0.39 is 12.0 Å². The Hall–Kier alpha value is -3.04. The second-order valence-corrected chi connectivity index (χ2v) is 6.11. The first-order valence-electron chi connectivity index (χ1n) is 8.34. The van der Waals surface area contributed by atoms with Crippen molar-refractivity contribution in [3.05, 3.63) is 41.3 Å². The molecule has 0 saturated heterocycles. The maximum Gasteiger partial charge on any atom is 0.453 e. The van der Waals surface area contributed by atoms with E-state index in [-0.39, 0.29) is 5.78 Å². The van der Waals surface area contributed by atoms with Crippen molar-refractivity contribution in [2.75, 3.05) is 18.5 Å². The van der Waals surface area contributed by atoms with Gasteiger partial charge in [0.25, 0.3) is 11.6 Å². The Labute approximate surface area is 152 Å². The maximum atomic E-state index is 12.9. The van der Waals surface area contributed by atoms with Crippen LogP contribution in [0, 0.1) is 6.92 Å². The summed E-state index contributed by atoms with van der Waals surface area (Å²) in [6.07, 6.45) is -3.82. The van der Waals surface area contributed by atoms with Gasteiger partial charge in [0.1, 0.15) is 5.82 Å². The van der Waals surface area contributed by atoms with E-state index in [1.807, 2.05) is 18.2 Å². The molecule has 0 aliphatic carbocycles. The summed E-state index contributed by atoms with van der Waals surface area (Å²) < 4.78 is 51.0. The molecule has 0 radical (unpaired) electrons. The van der Waals surface area contributed by atoms with E-state index in [9.17, 15) is 13.2 Å². The molecular formula is C17H16F3N5O2. The lowest BCUT2D eigenvalue weighted by Crippen LogP contribution is -2.09. The van der Waals surface area contributed by atoms with Crippen molar-refractivity contribution < 1.29 is 22.6 Å². The van der Waals surface area contributed by atoms with Gasteiger partial charge in [-0.2, -0.15) is 22.7 Å². The zero-order chi connectivity index (χ0) is 19.0. The van der Waals surface area contributed by atoms with Crippen LogP contribution < -0.4 is 14.8 Å². The first-order valence-corrected chi connectivity index (χ1v) is 8.34. The Kier molecular flexibility index (Phi) is 4.25. The van der Waals surface area contributed by atoms with Gasteiger partial charge in [-0.05, 0) is 24.6 Å². The lowest BCUT2D eigenvalue weighted by molar-refractivity contribution is -0.144. The van der Waals surface area contributed by atoms with Gasteiger partial charge in [0.2, 0.25) is 0 Å². The maximum absolute atomic E-state index is 12.9. The lowest BCUT2D eigenvalue weighted by atomic mass is 10.2. The molecule has 10 heteroatoms. The van der Waals surface area contributed by atoms with Crippen molar-refractivity contribution in [2.45, 2.75) is 26.1 Å². The third kappa shape index (κ3) is 3.60. The van der Waals surface area contributed by atoms with E-state index in [0.717, 1.165) is 16.5 Å². The van der Waals surface area contributed by atoms with Crippen LogP contribution in [0.15, 0.2) is 24.3 Å². The zero-order valence-electron chi connectivity index (χ0n) is 14.4. The molecule has 0 atom stereocenters. The number of anilines is 1. The number of aryl methyl sites for hydroxylation is 1. The number of aromatic nitrogens is 4. The molecule has 0 bridgehead atoms. The standard InChI is InChI=1S/C17H16F3N5O2/c1-10-7-14(25-16(22-10)23-15(24-25)17(18,19)20)21-9-11-3-4-12-13(8-11)27-6-2-5-26-12/h3-4,7-8,21H,2,5-6,9H2,1H3. The van der Waals surface area contributed by atoms with Gasteiger partial charge >= 0.3 is 6.18 Å². The monoisotopic (exact) mass is 379 g/mol. The fraction of sp³-hybridized carbons (Fsp3) is 0.353. The quantitative estimate of drug-likeness (QED) is 0.753. The summed E-state index contributed by atoms with van der Waals surface area (Å²) >= 11 is 0. The molecule has 1 aliphatic rings. The summed E-state index contributed by atoms with van der Waals surface area (Å²) in [7, 11) is 0. The van der Waals surface area contributed by atoms with E-state index in [0.29, 0.717) is 42.8 Å². The highest BCUT2D eigenvalue weighted by molar-refractivity contribution is 5.48.